The van der Waals surface area contributed by atoms with Crippen LogP contribution < -0.4 is 14.4 Å². The summed E-state index contributed by atoms with van der Waals surface area (Å²) in [6, 6.07) is 28.5. The van der Waals surface area contributed by atoms with Gasteiger partial charge >= 0.3 is 0 Å². The van der Waals surface area contributed by atoms with E-state index < -0.39 is 28.5 Å². The predicted molar refractivity (Wildman–Crippen MR) is 182 cm³/mol. The van der Waals surface area contributed by atoms with Crippen LogP contribution in [0.25, 0.3) is 0 Å². The number of rotatable bonds is 14. The Labute approximate surface area is 277 Å². The second-order valence-corrected chi connectivity index (χ2v) is 13.8. The molecule has 0 aliphatic heterocycles. The van der Waals surface area contributed by atoms with Crippen molar-refractivity contribution >= 4 is 39.1 Å². The van der Waals surface area contributed by atoms with Crippen molar-refractivity contribution in [3.63, 3.8) is 0 Å². The van der Waals surface area contributed by atoms with Crippen LogP contribution in [-0.2, 0) is 32.6 Å². The molecule has 2 amide bonds. The van der Waals surface area contributed by atoms with Crippen molar-refractivity contribution < 1.29 is 22.7 Å². The molecule has 10 heteroatoms. The Morgan fingerprint density at radius 2 is 1.54 bits per heavy atom. The van der Waals surface area contributed by atoms with E-state index in [0.717, 1.165) is 21.0 Å². The monoisotopic (exact) mass is 661 g/mol. The number of halogens is 1. The Morgan fingerprint density at radius 1 is 0.870 bits per heavy atom. The number of sulfonamides is 1. The molecule has 1 N–H and O–H groups in total. The van der Waals surface area contributed by atoms with Crippen LogP contribution in [0.2, 0.25) is 5.02 Å². The first-order valence-corrected chi connectivity index (χ1v) is 16.9. The fraction of sp³-hybridized carbons (Fsp3) is 0.278. The van der Waals surface area contributed by atoms with E-state index in [1.165, 1.54) is 30.2 Å². The zero-order valence-electron chi connectivity index (χ0n) is 26.5. The number of hydrogen-bond acceptors (Lipinski definition) is 5. The van der Waals surface area contributed by atoms with E-state index in [9.17, 15) is 18.0 Å². The van der Waals surface area contributed by atoms with E-state index in [2.05, 4.69) is 5.32 Å². The van der Waals surface area contributed by atoms with E-state index in [1.807, 2.05) is 75.4 Å². The molecule has 0 unspecified atom stereocenters. The minimum absolute atomic E-state index is 0.0261. The third-order valence-electron chi connectivity index (χ3n) is 7.41. The Kier molecular flexibility index (Phi) is 11.8. The average Bonchev–Trinajstić information content (AvgIpc) is 3.04. The van der Waals surface area contributed by atoms with E-state index in [1.54, 1.807) is 30.3 Å². The first-order chi connectivity index (χ1) is 22.0. The third-order valence-corrected chi connectivity index (χ3v) is 9.44. The van der Waals surface area contributed by atoms with Crippen molar-refractivity contribution in [2.45, 2.75) is 44.7 Å². The van der Waals surface area contributed by atoms with Crippen LogP contribution in [0.15, 0.2) is 108 Å². The molecule has 0 aliphatic rings. The first kappa shape index (κ1) is 34.5. The number of hydrogen-bond donors (Lipinski definition) is 1. The van der Waals surface area contributed by atoms with Crippen molar-refractivity contribution in [1.29, 1.82) is 0 Å². The number of ether oxygens (including phenoxy) is 1. The quantitative estimate of drug-likeness (QED) is 0.172. The Bertz CT molecular complexity index is 1730. The second-order valence-electron chi connectivity index (χ2n) is 11.5. The summed E-state index contributed by atoms with van der Waals surface area (Å²) in [5.74, 6) is -0.176. The van der Waals surface area contributed by atoms with Gasteiger partial charge in [-0.15, -0.1) is 0 Å². The van der Waals surface area contributed by atoms with Gasteiger partial charge in [-0.3, -0.25) is 13.9 Å². The van der Waals surface area contributed by atoms with Crippen LogP contribution in [0.5, 0.6) is 5.75 Å². The Balaban J connectivity index is 1.80. The molecule has 4 aromatic rings. The smallest absolute Gasteiger partial charge is 0.264 e. The molecule has 4 aromatic carbocycles. The topological polar surface area (TPSA) is 96.0 Å². The minimum Gasteiger partial charge on any atom is -0.497 e. The van der Waals surface area contributed by atoms with Crippen LogP contribution in [0.3, 0.4) is 0 Å². The van der Waals surface area contributed by atoms with Gasteiger partial charge in [-0.25, -0.2) is 8.42 Å². The van der Waals surface area contributed by atoms with Gasteiger partial charge in [0, 0.05) is 24.5 Å². The molecule has 0 saturated heterocycles. The standard InChI is InChI=1S/C36H40ClN3O5S/c1-26(2)23-38-36(42)34(21-28-11-6-5-7-12-28)39(24-29-13-8-10-27(3)20-29)35(41)25-40(31-15-9-14-30(37)22-31)46(43,44)33-18-16-32(45-4)17-19-33/h5-20,22,26,34H,21,23-25H2,1-4H3,(H,38,42)/t34-/m1/s1. The van der Waals surface area contributed by atoms with Crippen LogP contribution in [0.1, 0.15) is 30.5 Å². The molecular formula is C36H40ClN3O5S. The maximum Gasteiger partial charge on any atom is 0.264 e. The summed E-state index contributed by atoms with van der Waals surface area (Å²) < 4.78 is 34.6. The fourth-order valence-corrected chi connectivity index (χ4v) is 6.61. The number of nitrogens with one attached hydrogen (secondary N) is 1. The zero-order valence-corrected chi connectivity index (χ0v) is 28.1. The van der Waals surface area contributed by atoms with Gasteiger partial charge in [0.15, 0.2) is 0 Å². The highest BCUT2D eigenvalue weighted by Gasteiger charge is 2.34. The Hall–Kier alpha value is -4.34. The van der Waals surface area contributed by atoms with E-state index in [-0.39, 0.29) is 35.4 Å². The summed E-state index contributed by atoms with van der Waals surface area (Å²) in [4.78, 5) is 29.9. The first-order valence-electron chi connectivity index (χ1n) is 15.1. The average molecular weight is 662 g/mol. The number of amides is 2. The van der Waals surface area contributed by atoms with Gasteiger partial charge in [-0.05, 0) is 66.4 Å². The van der Waals surface area contributed by atoms with Gasteiger partial charge in [0.05, 0.1) is 17.7 Å². The highest BCUT2D eigenvalue weighted by molar-refractivity contribution is 7.92. The van der Waals surface area contributed by atoms with Gasteiger partial charge < -0.3 is 15.0 Å². The van der Waals surface area contributed by atoms with Crippen molar-refractivity contribution in [3.05, 3.63) is 125 Å². The van der Waals surface area contributed by atoms with Crippen LogP contribution in [0, 0.1) is 12.8 Å². The number of benzene rings is 4. The highest BCUT2D eigenvalue weighted by atomic mass is 35.5. The van der Waals surface area contributed by atoms with Crippen LogP contribution >= 0.6 is 11.6 Å². The molecule has 0 radical (unpaired) electrons. The molecule has 242 valence electrons. The van der Waals surface area contributed by atoms with Gasteiger partial charge in [-0.1, -0.05) is 91.7 Å². The van der Waals surface area contributed by atoms with Crippen molar-refractivity contribution in [2.24, 2.45) is 5.92 Å². The van der Waals surface area contributed by atoms with Crippen LogP contribution in [0.4, 0.5) is 5.69 Å². The normalized spacial score (nSPS) is 12.0. The minimum atomic E-state index is -4.26. The molecule has 46 heavy (non-hydrogen) atoms. The van der Waals surface area contributed by atoms with Crippen molar-refractivity contribution in [1.82, 2.24) is 10.2 Å². The number of aryl methyl sites for hydroxylation is 1. The van der Waals surface area contributed by atoms with E-state index >= 15 is 0 Å². The SMILES string of the molecule is COc1ccc(S(=O)(=O)N(CC(=O)N(Cc2cccc(C)c2)[C@H](Cc2ccccc2)C(=O)NCC(C)C)c2cccc(Cl)c2)cc1. The summed E-state index contributed by atoms with van der Waals surface area (Å²) in [5.41, 5.74) is 2.90. The lowest BCUT2D eigenvalue weighted by molar-refractivity contribution is -0.140. The predicted octanol–water partition coefficient (Wildman–Crippen LogP) is 6.26. The number of carbonyl (C=O) groups is 2. The molecule has 0 aromatic heterocycles. The summed E-state index contributed by atoms with van der Waals surface area (Å²) in [6.45, 7) is 5.90. The van der Waals surface area contributed by atoms with Gasteiger partial charge in [-0.2, -0.15) is 0 Å². The second kappa shape index (κ2) is 15.8. The van der Waals surface area contributed by atoms with Crippen molar-refractivity contribution in [2.75, 3.05) is 24.5 Å². The van der Waals surface area contributed by atoms with Gasteiger partial charge in [0.2, 0.25) is 11.8 Å². The molecule has 0 aliphatic carbocycles. The largest absolute Gasteiger partial charge is 0.497 e. The third kappa shape index (κ3) is 9.11. The number of anilines is 1. The molecule has 0 saturated carbocycles. The van der Waals surface area contributed by atoms with Crippen LogP contribution in [-0.4, -0.2) is 51.4 Å². The molecule has 0 fully saturated rings. The summed E-state index contributed by atoms with van der Waals surface area (Å²) in [7, 11) is -2.77. The summed E-state index contributed by atoms with van der Waals surface area (Å²) in [5, 5.41) is 3.31. The van der Waals surface area contributed by atoms with E-state index in [0.29, 0.717) is 17.3 Å². The lowest BCUT2D eigenvalue weighted by Gasteiger charge is -2.34. The van der Waals surface area contributed by atoms with Gasteiger partial charge in [0.1, 0.15) is 18.3 Å². The zero-order chi connectivity index (χ0) is 33.3. The number of methoxy groups -OCH3 is 1. The Morgan fingerprint density at radius 3 is 2.17 bits per heavy atom. The molecular weight excluding hydrogens is 622 g/mol. The lowest BCUT2D eigenvalue weighted by atomic mass is 10.0. The fourth-order valence-electron chi connectivity index (χ4n) is 5.02. The molecule has 4 rings (SSSR count). The molecule has 1 atom stereocenters. The maximum atomic E-state index is 14.5. The lowest BCUT2D eigenvalue weighted by Crippen LogP contribution is -2.53. The van der Waals surface area contributed by atoms with Gasteiger partial charge in [0.25, 0.3) is 10.0 Å². The summed E-state index contributed by atoms with van der Waals surface area (Å²) >= 11 is 6.30. The summed E-state index contributed by atoms with van der Waals surface area (Å²) in [6.07, 6.45) is 0.241. The molecule has 0 heterocycles. The van der Waals surface area contributed by atoms with Crippen molar-refractivity contribution in [3.8, 4) is 5.75 Å². The van der Waals surface area contributed by atoms with E-state index in [4.69, 9.17) is 16.3 Å². The molecule has 8 nitrogen and oxygen atoms in total. The molecule has 0 bridgehead atoms. The maximum absolute atomic E-state index is 14.5. The number of nitrogens with zero attached hydrogens (tertiary/aromatic N) is 2. The molecule has 0 spiro atoms. The highest BCUT2D eigenvalue weighted by Crippen LogP contribution is 2.28. The number of carbonyl (C=O) groups excluding carboxylic acids is 2.